The molecule has 39 heavy (non-hydrogen) atoms. The number of hydrogen-bond acceptors (Lipinski definition) is 5. The molecule has 1 aromatic heterocycles. The maximum Gasteiger partial charge on any atom is 0.261 e. The highest BCUT2D eigenvalue weighted by Crippen LogP contribution is 2.25. The molecule has 0 amide bonds. The zero-order chi connectivity index (χ0) is 28.2. The Morgan fingerprint density at radius 3 is 2.33 bits per heavy atom. The van der Waals surface area contributed by atoms with Crippen molar-refractivity contribution in [3.63, 3.8) is 0 Å². The van der Waals surface area contributed by atoms with Crippen LogP contribution in [0.4, 0.5) is 0 Å². The van der Waals surface area contributed by atoms with E-state index in [0.29, 0.717) is 34.8 Å². The van der Waals surface area contributed by atoms with Gasteiger partial charge < -0.3 is 9.84 Å². The Bertz CT molecular complexity index is 1540. The lowest BCUT2D eigenvalue weighted by Gasteiger charge is -2.29. The molecule has 6 nitrogen and oxygen atoms in total. The fraction of sp³-hybridized carbons (Fsp3) is 0.303. The molecule has 1 N–H and O–H groups in total. The van der Waals surface area contributed by atoms with Gasteiger partial charge in [0.2, 0.25) is 0 Å². The molecule has 200 valence electrons. The van der Waals surface area contributed by atoms with E-state index in [1.54, 1.807) is 11.5 Å². The highest BCUT2D eigenvalue weighted by Gasteiger charge is 2.26. The Labute approximate surface area is 230 Å². The van der Waals surface area contributed by atoms with Crippen molar-refractivity contribution in [3.05, 3.63) is 111 Å². The van der Waals surface area contributed by atoms with Crippen molar-refractivity contribution in [1.29, 1.82) is 5.26 Å². The molecule has 4 rings (SSSR count). The van der Waals surface area contributed by atoms with Crippen molar-refractivity contribution in [2.24, 2.45) is 0 Å². The summed E-state index contributed by atoms with van der Waals surface area (Å²) in [5.74, 6) is 1.25. The Kier molecular flexibility index (Phi) is 8.32. The summed E-state index contributed by atoms with van der Waals surface area (Å²) in [5.41, 5.74) is 4.89. The van der Waals surface area contributed by atoms with E-state index in [1.165, 1.54) is 0 Å². The molecule has 1 unspecified atom stereocenters. The van der Waals surface area contributed by atoms with Crippen LogP contribution in [0.5, 0.6) is 5.75 Å². The smallest absolute Gasteiger partial charge is 0.261 e. The fourth-order valence-electron chi connectivity index (χ4n) is 4.53. The zero-order valence-electron chi connectivity index (χ0n) is 23.2. The summed E-state index contributed by atoms with van der Waals surface area (Å²) in [6.07, 6.45) is 1.43. The minimum absolute atomic E-state index is 0.0807. The average molecular weight is 522 g/mol. The van der Waals surface area contributed by atoms with E-state index >= 15 is 0 Å². The molecule has 0 saturated heterocycles. The van der Waals surface area contributed by atoms with E-state index in [-0.39, 0.29) is 5.56 Å². The highest BCUT2D eigenvalue weighted by atomic mass is 16.5. The number of benzene rings is 3. The van der Waals surface area contributed by atoms with Gasteiger partial charge in [0.15, 0.2) is 0 Å². The first-order valence-electron chi connectivity index (χ1n) is 13.3. The van der Waals surface area contributed by atoms with Crippen molar-refractivity contribution in [2.45, 2.75) is 65.6 Å². The highest BCUT2D eigenvalue weighted by molar-refractivity contribution is 5.70. The molecule has 0 fully saturated rings. The molecule has 0 spiro atoms. The van der Waals surface area contributed by atoms with Crippen LogP contribution in [0.15, 0.2) is 77.6 Å². The van der Waals surface area contributed by atoms with Crippen LogP contribution >= 0.6 is 0 Å². The van der Waals surface area contributed by atoms with Crippen molar-refractivity contribution in [1.82, 2.24) is 9.55 Å². The number of nitriles is 1. The minimum Gasteiger partial charge on any atom is -0.485 e. The van der Waals surface area contributed by atoms with Crippen molar-refractivity contribution < 1.29 is 9.84 Å². The molecule has 3 aromatic carbocycles. The van der Waals surface area contributed by atoms with E-state index in [0.717, 1.165) is 35.2 Å². The number of ether oxygens (including phenoxy) is 1. The number of aliphatic hydroxyl groups excluding tert-OH is 1. The molecule has 1 heterocycles. The number of aromatic nitrogens is 2. The number of nitrogens with zero attached hydrogens (tertiary/aromatic N) is 3. The third-order valence-corrected chi connectivity index (χ3v) is 7.09. The Hall–Kier alpha value is -4.21. The Balaban J connectivity index is 1.68. The summed E-state index contributed by atoms with van der Waals surface area (Å²) in [4.78, 5) is 18.7. The first-order valence-corrected chi connectivity index (χ1v) is 13.3. The van der Waals surface area contributed by atoms with Crippen LogP contribution in [0, 0.1) is 18.3 Å². The monoisotopic (exact) mass is 521 g/mol. The SMILES string of the molecule is CCCc1nc(C)n(-c2ccc(OC(C)(C)C(C)O)cc2)c(=O)c1Cc1ccc(-c2ccccc2C#N)cc1. The van der Waals surface area contributed by atoms with Gasteiger partial charge in [-0.1, -0.05) is 55.8 Å². The molecular formula is C33H35N3O3. The van der Waals surface area contributed by atoms with Gasteiger partial charge in [-0.05, 0) is 81.1 Å². The molecule has 1 atom stereocenters. The lowest BCUT2D eigenvalue weighted by atomic mass is 9.97. The number of aryl methyl sites for hydroxylation is 2. The van der Waals surface area contributed by atoms with Crippen LogP contribution in [0.2, 0.25) is 0 Å². The predicted molar refractivity (Wildman–Crippen MR) is 154 cm³/mol. The molecule has 0 bridgehead atoms. The summed E-state index contributed by atoms with van der Waals surface area (Å²) in [6.45, 7) is 9.30. The first kappa shape index (κ1) is 27.8. The summed E-state index contributed by atoms with van der Waals surface area (Å²) in [6, 6.07) is 25.1. The molecule has 6 heteroatoms. The second-order valence-electron chi connectivity index (χ2n) is 10.4. The van der Waals surface area contributed by atoms with Gasteiger partial charge >= 0.3 is 0 Å². The second-order valence-corrected chi connectivity index (χ2v) is 10.4. The van der Waals surface area contributed by atoms with Gasteiger partial charge in [-0.25, -0.2) is 4.98 Å². The van der Waals surface area contributed by atoms with E-state index in [9.17, 15) is 15.2 Å². The fourth-order valence-corrected chi connectivity index (χ4v) is 4.53. The predicted octanol–water partition coefficient (Wildman–Crippen LogP) is 6.16. The van der Waals surface area contributed by atoms with Gasteiger partial charge in [-0.15, -0.1) is 0 Å². The van der Waals surface area contributed by atoms with E-state index in [2.05, 4.69) is 13.0 Å². The molecule has 0 aliphatic rings. The number of aliphatic hydroxyl groups is 1. The van der Waals surface area contributed by atoms with E-state index in [4.69, 9.17) is 9.72 Å². The number of rotatable bonds is 9. The maximum atomic E-state index is 13.9. The molecular weight excluding hydrogens is 486 g/mol. The van der Waals surface area contributed by atoms with E-state index in [1.807, 2.05) is 93.6 Å². The number of hydrogen-bond donors (Lipinski definition) is 1. The second kappa shape index (κ2) is 11.7. The van der Waals surface area contributed by atoms with Gasteiger partial charge in [0.25, 0.3) is 5.56 Å². The van der Waals surface area contributed by atoms with E-state index < -0.39 is 11.7 Å². The van der Waals surface area contributed by atoms with Gasteiger partial charge in [-0.3, -0.25) is 9.36 Å². The van der Waals surface area contributed by atoms with Crippen molar-refractivity contribution in [3.8, 4) is 28.6 Å². The van der Waals surface area contributed by atoms with Crippen molar-refractivity contribution in [2.75, 3.05) is 0 Å². The molecule has 0 aliphatic heterocycles. The molecule has 4 aromatic rings. The quantitative estimate of drug-likeness (QED) is 0.285. The van der Waals surface area contributed by atoms with Gasteiger partial charge in [0.1, 0.15) is 17.2 Å². The van der Waals surface area contributed by atoms with Crippen LogP contribution in [-0.2, 0) is 12.8 Å². The van der Waals surface area contributed by atoms with Crippen LogP contribution in [-0.4, -0.2) is 26.4 Å². The third kappa shape index (κ3) is 6.10. The topological polar surface area (TPSA) is 88.1 Å². The lowest BCUT2D eigenvalue weighted by molar-refractivity contribution is -0.0176. The summed E-state index contributed by atoms with van der Waals surface area (Å²) in [7, 11) is 0. The molecule has 0 radical (unpaired) electrons. The van der Waals surface area contributed by atoms with Crippen LogP contribution in [0.3, 0.4) is 0 Å². The van der Waals surface area contributed by atoms with Gasteiger partial charge in [-0.2, -0.15) is 5.26 Å². The van der Waals surface area contributed by atoms with Gasteiger partial charge in [0, 0.05) is 12.0 Å². The summed E-state index contributed by atoms with van der Waals surface area (Å²) in [5, 5.41) is 19.4. The minimum atomic E-state index is -0.739. The largest absolute Gasteiger partial charge is 0.485 e. The summed E-state index contributed by atoms with van der Waals surface area (Å²) >= 11 is 0. The molecule has 0 saturated carbocycles. The van der Waals surface area contributed by atoms with Crippen molar-refractivity contribution >= 4 is 0 Å². The average Bonchev–Trinajstić information content (AvgIpc) is 2.92. The third-order valence-electron chi connectivity index (χ3n) is 7.09. The standard InChI is InChI=1S/C33H35N3O3/c1-6-9-31-30(20-24-12-14-25(15-13-24)29-11-8-7-10-26(29)21-34)32(38)36(23(3)35-31)27-16-18-28(19-17-27)39-33(4,5)22(2)37/h7-8,10-19,22,37H,6,9,20H2,1-5H3. The first-order chi connectivity index (χ1) is 18.6. The summed E-state index contributed by atoms with van der Waals surface area (Å²) < 4.78 is 7.60. The Morgan fingerprint density at radius 1 is 1.05 bits per heavy atom. The van der Waals surface area contributed by atoms with Crippen LogP contribution in [0.1, 0.15) is 62.3 Å². The van der Waals surface area contributed by atoms with Crippen LogP contribution < -0.4 is 10.3 Å². The molecule has 0 aliphatic carbocycles. The van der Waals surface area contributed by atoms with Crippen LogP contribution in [0.25, 0.3) is 16.8 Å². The maximum absolute atomic E-state index is 13.9. The lowest BCUT2D eigenvalue weighted by Crippen LogP contribution is -2.39. The Morgan fingerprint density at radius 2 is 1.72 bits per heavy atom. The zero-order valence-corrected chi connectivity index (χ0v) is 23.2. The van der Waals surface area contributed by atoms with Gasteiger partial charge in [0.05, 0.1) is 29.1 Å². The normalized spacial score (nSPS) is 12.1.